The summed E-state index contributed by atoms with van der Waals surface area (Å²) in [5.41, 5.74) is 1.67. The highest BCUT2D eigenvalue weighted by Crippen LogP contribution is 2.15. The number of benzene rings is 1. The van der Waals surface area contributed by atoms with E-state index >= 15 is 0 Å². The van der Waals surface area contributed by atoms with Gasteiger partial charge in [-0.1, -0.05) is 0 Å². The minimum Gasteiger partial charge on any atom is -0.497 e. The molecule has 1 aromatic heterocycles. The van der Waals surface area contributed by atoms with E-state index in [1.165, 1.54) is 0 Å². The van der Waals surface area contributed by atoms with Crippen molar-refractivity contribution in [2.24, 2.45) is 0 Å². The van der Waals surface area contributed by atoms with Crippen molar-refractivity contribution in [3.05, 3.63) is 48.3 Å². The maximum atomic E-state index is 11.7. The Hall–Kier alpha value is -2.23. The molecule has 88 valence electrons. The van der Waals surface area contributed by atoms with Crippen molar-refractivity contribution >= 4 is 11.6 Å². The fourth-order valence-electron chi connectivity index (χ4n) is 1.53. The van der Waals surface area contributed by atoms with Gasteiger partial charge in [-0.05, 0) is 36.4 Å². The van der Waals surface area contributed by atoms with E-state index in [0.29, 0.717) is 6.42 Å². The average molecular weight is 230 g/mol. The largest absolute Gasteiger partial charge is 0.497 e. The zero-order valence-corrected chi connectivity index (χ0v) is 9.57. The van der Waals surface area contributed by atoms with Crippen molar-refractivity contribution in [2.45, 2.75) is 6.42 Å². The standard InChI is InChI=1S/C13H14N2O2/c1-17-12-6-4-10(5-7-12)15-13(16)9-11-3-2-8-14-11/h2-8,14H,9H2,1H3,(H,15,16). The normalized spacial score (nSPS) is 9.94. The SMILES string of the molecule is COc1ccc(NC(=O)Cc2ccc[nH]2)cc1. The average Bonchev–Trinajstić information content (AvgIpc) is 2.82. The van der Waals surface area contributed by atoms with Crippen LogP contribution in [0.2, 0.25) is 0 Å². The predicted molar refractivity (Wildman–Crippen MR) is 66.1 cm³/mol. The van der Waals surface area contributed by atoms with E-state index in [1.54, 1.807) is 13.3 Å². The molecule has 0 aliphatic heterocycles. The lowest BCUT2D eigenvalue weighted by Gasteiger charge is -2.05. The number of ether oxygens (including phenoxy) is 1. The van der Waals surface area contributed by atoms with Crippen molar-refractivity contribution < 1.29 is 9.53 Å². The highest BCUT2D eigenvalue weighted by Gasteiger charge is 2.04. The van der Waals surface area contributed by atoms with Gasteiger partial charge in [-0.15, -0.1) is 0 Å². The van der Waals surface area contributed by atoms with E-state index in [-0.39, 0.29) is 5.91 Å². The van der Waals surface area contributed by atoms with Crippen LogP contribution in [-0.2, 0) is 11.2 Å². The Morgan fingerprint density at radius 1 is 1.29 bits per heavy atom. The van der Waals surface area contributed by atoms with Gasteiger partial charge in [0.25, 0.3) is 0 Å². The summed E-state index contributed by atoms with van der Waals surface area (Å²) in [5, 5.41) is 2.82. The summed E-state index contributed by atoms with van der Waals surface area (Å²) in [6.07, 6.45) is 2.15. The molecule has 0 bridgehead atoms. The quantitative estimate of drug-likeness (QED) is 0.846. The van der Waals surface area contributed by atoms with Crippen molar-refractivity contribution in [3.63, 3.8) is 0 Å². The minimum absolute atomic E-state index is 0.0439. The van der Waals surface area contributed by atoms with Crippen LogP contribution in [0.15, 0.2) is 42.6 Å². The number of hydrogen-bond acceptors (Lipinski definition) is 2. The third kappa shape index (κ3) is 3.11. The monoisotopic (exact) mass is 230 g/mol. The molecule has 1 heterocycles. The third-order valence-electron chi connectivity index (χ3n) is 2.39. The van der Waals surface area contributed by atoms with Crippen LogP contribution in [0.1, 0.15) is 5.69 Å². The molecule has 0 aliphatic rings. The number of methoxy groups -OCH3 is 1. The lowest BCUT2D eigenvalue weighted by molar-refractivity contribution is -0.115. The Bertz CT molecular complexity index is 475. The van der Waals surface area contributed by atoms with Crippen molar-refractivity contribution in [1.82, 2.24) is 4.98 Å². The van der Waals surface area contributed by atoms with Crippen LogP contribution < -0.4 is 10.1 Å². The van der Waals surface area contributed by atoms with Gasteiger partial charge in [0.05, 0.1) is 13.5 Å². The number of aromatic nitrogens is 1. The molecule has 0 aliphatic carbocycles. The molecule has 1 amide bonds. The summed E-state index contributed by atoms with van der Waals surface area (Å²) in [4.78, 5) is 14.7. The summed E-state index contributed by atoms with van der Waals surface area (Å²) in [6, 6.07) is 11.0. The number of carbonyl (C=O) groups excluding carboxylic acids is 1. The van der Waals surface area contributed by atoms with Crippen LogP contribution in [0.4, 0.5) is 5.69 Å². The second-order valence-electron chi connectivity index (χ2n) is 3.65. The summed E-state index contributed by atoms with van der Waals surface area (Å²) in [5.74, 6) is 0.727. The first-order chi connectivity index (χ1) is 8.28. The number of anilines is 1. The molecule has 0 unspecified atom stereocenters. The number of H-pyrrole nitrogens is 1. The maximum absolute atomic E-state index is 11.7. The third-order valence-corrected chi connectivity index (χ3v) is 2.39. The molecular weight excluding hydrogens is 216 g/mol. The molecule has 4 heteroatoms. The Kier molecular flexibility index (Phi) is 3.45. The fraction of sp³-hybridized carbons (Fsp3) is 0.154. The molecule has 0 saturated heterocycles. The van der Waals surface area contributed by atoms with Crippen molar-refractivity contribution in [2.75, 3.05) is 12.4 Å². The van der Waals surface area contributed by atoms with Crippen molar-refractivity contribution in [1.29, 1.82) is 0 Å². The number of rotatable bonds is 4. The van der Waals surface area contributed by atoms with Gasteiger partial charge in [0.1, 0.15) is 5.75 Å². The number of carbonyl (C=O) groups is 1. The summed E-state index contributed by atoms with van der Waals surface area (Å²) in [6.45, 7) is 0. The summed E-state index contributed by atoms with van der Waals surface area (Å²) >= 11 is 0. The minimum atomic E-state index is -0.0439. The van der Waals surface area contributed by atoms with E-state index in [0.717, 1.165) is 17.1 Å². The Labute approximate surface area is 99.6 Å². The Morgan fingerprint density at radius 2 is 2.06 bits per heavy atom. The zero-order chi connectivity index (χ0) is 12.1. The Balaban J connectivity index is 1.93. The first kappa shape index (κ1) is 11.3. The fourth-order valence-corrected chi connectivity index (χ4v) is 1.53. The van der Waals surface area contributed by atoms with Gasteiger partial charge in [0.2, 0.25) is 5.91 Å². The van der Waals surface area contributed by atoms with Crippen LogP contribution in [0.25, 0.3) is 0 Å². The molecule has 0 saturated carbocycles. The van der Waals surface area contributed by atoms with Gasteiger partial charge in [-0.2, -0.15) is 0 Å². The van der Waals surface area contributed by atoms with Gasteiger partial charge < -0.3 is 15.0 Å². The lowest BCUT2D eigenvalue weighted by atomic mass is 10.2. The predicted octanol–water partition coefficient (Wildman–Crippen LogP) is 2.20. The lowest BCUT2D eigenvalue weighted by Crippen LogP contribution is -2.14. The van der Waals surface area contributed by atoms with E-state index < -0.39 is 0 Å². The molecule has 4 nitrogen and oxygen atoms in total. The molecule has 2 aromatic rings. The van der Waals surface area contributed by atoms with E-state index in [9.17, 15) is 4.79 Å². The molecule has 2 N–H and O–H groups in total. The number of aromatic amines is 1. The number of nitrogens with one attached hydrogen (secondary N) is 2. The highest BCUT2D eigenvalue weighted by atomic mass is 16.5. The van der Waals surface area contributed by atoms with Gasteiger partial charge in [0, 0.05) is 17.6 Å². The highest BCUT2D eigenvalue weighted by molar-refractivity contribution is 5.92. The molecule has 1 aromatic carbocycles. The van der Waals surface area contributed by atoms with Crippen LogP contribution in [0, 0.1) is 0 Å². The van der Waals surface area contributed by atoms with E-state index in [4.69, 9.17) is 4.74 Å². The second kappa shape index (κ2) is 5.21. The first-order valence-electron chi connectivity index (χ1n) is 5.34. The van der Waals surface area contributed by atoms with Gasteiger partial charge in [-0.25, -0.2) is 0 Å². The van der Waals surface area contributed by atoms with Crippen LogP contribution >= 0.6 is 0 Å². The van der Waals surface area contributed by atoms with E-state index in [2.05, 4.69) is 10.3 Å². The van der Waals surface area contributed by atoms with Gasteiger partial charge in [0.15, 0.2) is 0 Å². The molecule has 0 fully saturated rings. The van der Waals surface area contributed by atoms with Crippen LogP contribution in [0.3, 0.4) is 0 Å². The van der Waals surface area contributed by atoms with E-state index in [1.807, 2.05) is 36.4 Å². The summed E-state index contributed by atoms with van der Waals surface area (Å²) in [7, 11) is 1.61. The molecule has 0 spiro atoms. The van der Waals surface area contributed by atoms with Crippen LogP contribution in [0.5, 0.6) is 5.75 Å². The molecule has 17 heavy (non-hydrogen) atoms. The topological polar surface area (TPSA) is 54.1 Å². The molecule has 2 rings (SSSR count). The van der Waals surface area contributed by atoms with Crippen LogP contribution in [-0.4, -0.2) is 18.0 Å². The smallest absolute Gasteiger partial charge is 0.230 e. The number of amides is 1. The maximum Gasteiger partial charge on any atom is 0.230 e. The Morgan fingerprint density at radius 3 is 2.65 bits per heavy atom. The van der Waals surface area contributed by atoms with Crippen molar-refractivity contribution in [3.8, 4) is 5.75 Å². The number of hydrogen-bond donors (Lipinski definition) is 2. The molecular formula is C13H14N2O2. The summed E-state index contributed by atoms with van der Waals surface area (Å²) < 4.78 is 5.04. The van der Waals surface area contributed by atoms with Gasteiger partial charge in [-0.3, -0.25) is 4.79 Å². The zero-order valence-electron chi connectivity index (χ0n) is 9.57. The van der Waals surface area contributed by atoms with Gasteiger partial charge >= 0.3 is 0 Å². The first-order valence-corrected chi connectivity index (χ1v) is 5.34. The molecule has 0 radical (unpaired) electrons. The molecule has 0 atom stereocenters. The second-order valence-corrected chi connectivity index (χ2v) is 3.65.